The van der Waals surface area contributed by atoms with E-state index in [0.29, 0.717) is 13.1 Å². The molecule has 1 atom stereocenters. The molecule has 4 heteroatoms. The fourth-order valence-corrected chi connectivity index (χ4v) is 2.29. The van der Waals surface area contributed by atoms with Crippen molar-refractivity contribution in [3.8, 4) is 0 Å². The van der Waals surface area contributed by atoms with Crippen molar-refractivity contribution >= 4 is 5.82 Å². The van der Waals surface area contributed by atoms with Gasteiger partial charge in [-0.25, -0.2) is 4.98 Å². The molecule has 2 heterocycles. The van der Waals surface area contributed by atoms with Gasteiger partial charge in [0.25, 0.3) is 0 Å². The summed E-state index contributed by atoms with van der Waals surface area (Å²) in [6.07, 6.45) is 0.590. The Morgan fingerprint density at radius 1 is 1.56 bits per heavy atom. The first-order valence-corrected chi connectivity index (χ1v) is 5.72. The molecule has 1 aromatic heterocycles. The molecular weight excluding hydrogens is 202 g/mol. The van der Waals surface area contributed by atoms with Crippen LogP contribution in [0.1, 0.15) is 23.2 Å². The lowest BCUT2D eigenvalue weighted by Gasteiger charge is -2.21. The highest BCUT2D eigenvalue weighted by molar-refractivity contribution is 5.52. The van der Waals surface area contributed by atoms with Crippen LogP contribution < -0.4 is 10.6 Å². The molecule has 1 fully saturated rings. The number of anilines is 1. The molecule has 1 aliphatic heterocycles. The third kappa shape index (κ3) is 2.03. The summed E-state index contributed by atoms with van der Waals surface area (Å²) < 4.78 is 0. The standard InChI is InChI=1S/C12H19N3O/c1-8-5-9(2)14-12(11(8)6-13)15-4-3-10(16)7-15/h5,10,16H,3-4,6-7,13H2,1-2H3. The predicted molar refractivity (Wildman–Crippen MR) is 64.4 cm³/mol. The Hall–Kier alpha value is -1.13. The molecule has 88 valence electrons. The average molecular weight is 221 g/mol. The van der Waals surface area contributed by atoms with E-state index in [2.05, 4.69) is 22.9 Å². The Morgan fingerprint density at radius 2 is 2.31 bits per heavy atom. The second-order valence-corrected chi connectivity index (χ2v) is 4.48. The number of nitrogens with zero attached hydrogens (tertiary/aromatic N) is 2. The van der Waals surface area contributed by atoms with Crippen molar-refractivity contribution in [2.45, 2.75) is 32.9 Å². The largest absolute Gasteiger partial charge is 0.391 e. The molecule has 0 saturated carbocycles. The van der Waals surface area contributed by atoms with Crippen molar-refractivity contribution in [1.82, 2.24) is 4.98 Å². The number of nitrogens with two attached hydrogens (primary N) is 1. The molecule has 0 aliphatic carbocycles. The smallest absolute Gasteiger partial charge is 0.133 e. The summed E-state index contributed by atoms with van der Waals surface area (Å²) in [6, 6.07) is 2.05. The first-order valence-electron chi connectivity index (χ1n) is 5.72. The summed E-state index contributed by atoms with van der Waals surface area (Å²) in [7, 11) is 0. The zero-order valence-electron chi connectivity index (χ0n) is 9.90. The van der Waals surface area contributed by atoms with Gasteiger partial charge in [-0.3, -0.25) is 0 Å². The molecule has 0 amide bonds. The van der Waals surface area contributed by atoms with Gasteiger partial charge >= 0.3 is 0 Å². The number of aryl methyl sites for hydroxylation is 2. The minimum atomic E-state index is -0.228. The van der Waals surface area contributed by atoms with Gasteiger partial charge in [0.05, 0.1) is 6.10 Å². The van der Waals surface area contributed by atoms with Crippen LogP contribution in [0.3, 0.4) is 0 Å². The van der Waals surface area contributed by atoms with Crippen LogP contribution >= 0.6 is 0 Å². The minimum Gasteiger partial charge on any atom is -0.391 e. The fraction of sp³-hybridized carbons (Fsp3) is 0.583. The molecular formula is C12H19N3O. The quantitative estimate of drug-likeness (QED) is 0.773. The Bertz CT molecular complexity index is 392. The lowest BCUT2D eigenvalue weighted by molar-refractivity contribution is 0.198. The molecule has 2 rings (SSSR count). The number of hydrogen-bond acceptors (Lipinski definition) is 4. The first kappa shape index (κ1) is 11.4. The van der Waals surface area contributed by atoms with Crippen molar-refractivity contribution < 1.29 is 5.11 Å². The van der Waals surface area contributed by atoms with Crippen LogP contribution in [0.15, 0.2) is 6.07 Å². The highest BCUT2D eigenvalue weighted by atomic mass is 16.3. The molecule has 0 aromatic carbocycles. The van der Waals surface area contributed by atoms with E-state index in [-0.39, 0.29) is 6.10 Å². The van der Waals surface area contributed by atoms with Crippen LogP contribution in [0.2, 0.25) is 0 Å². The number of aromatic nitrogens is 1. The van der Waals surface area contributed by atoms with E-state index >= 15 is 0 Å². The van der Waals surface area contributed by atoms with Gasteiger partial charge < -0.3 is 15.7 Å². The molecule has 1 aromatic rings. The second kappa shape index (κ2) is 4.39. The maximum atomic E-state index is 9.56. The molecule has 0 radical (unpaired) electrons. The number of aliphatic hydroxyl groups excluding tert-OH is 1. The Kier molecular flexibility index (Phi) is 3.12. The fourth-order valence-electron chi connectivity index (χ4n) is 2.29. The number of rotatable bonds is 2. The predicted octanol–water partition coefficient (Wildman–Crippen LogP) is 0.728. The number of hydrogen-bond donors (Lipinski definition) is 2. The molecule has 16 heavy (non-hydrogen) atoms. The van der Waals surface area contributed by atoms with E-state index in [1.54, 1.807) is 0 Å². The average Bonchev–Trinajstić information content (AvgIpc) is 2.63. The highest BCUT2D eigenvalue weighted by Crippen LogP contribution is 2.25. The van der Waals surface area contributed by atoms with Crippen molar-refractivity contribution in [2.24, 2.45) is 5.73 Å². The van der Waals surface area contributed by atoms with Crippen molar-refractivity contribution in [3.63, 3.8) is 0 Å². The van der Waals surface area contributed by atoms with E-state index in [0.717, 1.165) is 30.0 Å². The highest BCUT2D eigenvalue weighted by Gasteiger charge is 2.23. The van der Waals surface area contributed by atoms with E-state index in [1.807, 2.05) is 6.92 Å². The maximum absolute atomic E-state index is 9.56. The second-order valence-electron chi connectivity index (χ2n) is 4.48. The SMILES string of the molecule is Cc1cc(C)c(CN)c(N2CCC(O)C2)n1. The molecule has 1 aliphatic rings. The summed E-state index contributed by atoms with van der Waals surface area (Å²) >= 11 is 0. The van der Waals surface area contributed by atoms with E-state index in [9.17, 15) is 5.11 Å². The van der Waals surface area contributed by atoms with Crippen molar-refractivity contribution in [1.29, 1.82) is 0 Å². The third-order valence-electron chi connectivity index (χ3n) is 3.12. The molecule has 0 spiro atoms. The normalized spacial score (nSPS) is 20.5. The van der Waals surface area contributed by atoms with Gasteiger partial charge in [0.2, 0.25) is 0 Å². The van der Waals surface area contributed by atoms with Gasteiger partial charge in [-0.2, -0.15) is 0 Å². The van der Waals surface area contributed by atoms with Crippen LogP contribution in [0.5, 0.6) is 0 Å². The van der Waals surface area contributed by atoms with Crippen molar-refractivity contribution in [3.05, 3.63) is 22.9 Å². The van der Waals surface area contributed by atoms with Gasteiger partial charge in [0, 0.05) is 30.9 Å². The van der Waals surface area contributed by atoms with E-state index < -0.39 is 0 Å². The Morgan fingerprint density at radius 3 is 2.88 bits per heavy atom. The molecule has 3 N–H and O–H groups in total. The lowest BCUT2D eigenvalue weighted by Crippen LogP contribution is -2.25. The van der Waals surface area contributed by atoms with Crippen LogP contribution in [0, 0.1) is 13.8 Å². The maximum Gasteiger partial charge on any atom is 0.133 e. The Balaban J connectivity index is 2.38. The lowest BCUT2D eigenvalue weighted by atomic mass is 10.1. The molecule has 1 unspecified atom stereocenters. The van der Waals surface area contributed by atoms with Gasteiger partial charge in [0.1, 0.15) is 5.82 Å². The van der Waals surface area contributed by atoms with Gasteiger partial charge in [-0.15, -0.1) is 0 Å². The van der Waals surface area contributed by atoms with Crippen LogP contribution in [-0.4, -0.2) is 29.3 Å². The zero-order valence-corrected chi connectivity index (χ0v) is 9.90. The van der Waals surface area contributed by atoms with E-state index in [1.165, 1.54) is 5.56 Å². The van der Waals surface area contributed by atoms with Crippen molar-refractivity contribution in [2.75, 3.05) is 18.0 Å². The minimum absolute atomic E-state index is 0.228. The molecule has 4 nitrogen and oxygen atoms in total. The van der Waals surface area contributed by atoms with Crippen LogP contribution in [0.25, 0.3) is 0 Å². The summed E-state index contributed by atoms with van der Waals surface area (Å²) in [5.74, 6) is 0.955. The Labute approximate surface area is 96.1 Å². The zero-order chi connectivity index (χ0) is 11.7. The summed E-state index contributed by atoms with van der Waals surface area (Å²) in [4.78, 5) is 6.69. The van der Waals surface area contributed by atoms with Gasteiger partial charge in [-0.1, -0.05) is 0 Å². The number of aliphatic hydroxyl groups is 1. The first-order chi connectivity index (χ1) is 7.61. The van der Waals surface area contributed by atoms with Crippen LogP contribution in [0.4, 0.5) is 5.82 Å². The number of β-amino-alcohol motifs (C(OH)–C–C–N with tert-alkyl or cyclic N) is 1. The molecule has 1 saturated heterocycles. The number of pyridine rings is 1. The molecule has 0 bridgehead atoms. The van der Waals surface area contributed by atoms with Gasteiger partial charge in [0.15, 0.2) is 0 Å². The monoisotopic (exact) mass is 221 g/mol. The summed E-state index contributed by atoms with van der Waals surface area (Å²) in [6.45, 7) is 6.09. The summed E-state index contributed by atoms with van der Waals surface area (Å²) in [5, 5.41) is 9.56. The third-order valence-corrected chi connectivity index (χ3v) is 3.12. The topological polar surface area (TPSA) is 62.4 Å². The van der Waals surface area contributed by atoms with Crippen LogP contribution in [-0.2, 0) is 6.54 Å². The van der Waals surface area contributed by atoms with Gasteiger partial charge in [-0.05, 0) is 31.9 Å². The summed E-state index contributed by atoms with van der Waals surface area (Å²) in [5.41, 5.74) is 9.06. The van der Waals surface area contributed by atoms with E-state index in [4.69, 9.17) is 5.73 Å².